The van der Waals surface area contributed by atoms with E-state index in [1.165, 1.54) is 47.1 Å². The van der Waals surface area contributed by atoms with Crippen molar-refractivity contribution < 1.29 is 14.6 Å². The molecule has 2 N–H and O–H groups in total. The van der Waals surface area contributed by atoms with Crippen LogP contribution in [0.2, 0.25) is 0 Å². The second kappa shape index (κ2) is 10.1. The number of aromatic nitrogens is 5. The molecule has 4 aromatic rings. The third kappa shape index (κ3) is 4.44. The Hall–Kier alpha value is -3.77. The summed E-state index contributed by atoms with van der Waals surface area (Å²) in [4.78, 5) is 41.9. The Morgan fingerprint density at radius 3 is 2.47 bits per heavy atom. The highest BCUT2D eigenvalue weighted by Gasteiger charge is 2.28. The predicted molar refractivity (Wildman–Crippen MR) is 136 cm³/mol. The van der Waals surface area contributed by atoms with Crippen LogP contribution in [-0.4, -0.2) is 48.3 Å². The molecule has 3 heterocycles. The average Bonchev–Trinajstić information content (AvgIpc) is 3.49. The Labute approximate surface area is 210 Å². The van der Waals surface area contributed by atoms with Crippen molar-refractivity contribution in [2.24, 2.45) is 0 Å². The van der Waals surface area contributed by atoms with Crippen LogP contribution >= 0.6 is 11.3 Å². The maximum absolute atomic E-state index is 13.7. The van der Waals surface area contributed by atoms with Crippen LogP contribution in [0.1, 0.15) is 44.0 Å². The zero-order valence-corrected chi connectivity index (χ0v) is 21.4. The number of aliphatic hydroxyl groups excluding tert-OH is 1. The van der Waals surface area contributed by atoms with Gasteiger partial charge >= 0.3 is 5.69 Å². The van der Waals surface area contributed by atoms with Gasteiger partial charge in [-0.05, 0) is 33.8 Å². The van der Waals surface area contributed by atoms with Crippen molar-refractivity contribution in [2.75, 3.05) is 7.11 Å². The number of rotatable bonds is 8. The number of ether oxygens (including phenoxy) is 1. The lowest BCUT2D eigenvalue weighted by molar-refractivity contribution is -0.124. The summed E-state index contributed by atoms with van der Waals surface area (Å²) in [6.07, 6.45) is 1.90. The topological polar surface area (TPSA) is 133 Å². The monoisotopic (exact) mass is 512 g/mol. The summed E-state index contributed by atoms with van der Waals surface area (Å²) in [6.45, 7) is 6.68. The van der Waals surface area contributed by atoms with Gasteiger partial charge in [0.05, 0.1) is 31.4 Å². The highest BCUT2D eigenvalue weighted by molar-refractivity contribution is 7.21. The average molecular weight is 513 g/mol. The van der Waals surface area contributed by atoms with E-state index in [9.17, 15) is 19.5 Å². The first-order chi connectivity index (χ1) is 17.1. The molecule has 12 heteroatoms. The van der Waals surface area contributed by atoms with Crippen LogP contribution in [0, 0.1) is 6.92 Å². The number of nitrogens with zero attached hydrogens (tertiary/aromatic N) is 5. The number of hydrogen-bond acceptors (Lipinski definition) is 8. The van der Waals surface area contributed by atoms with Crippen molar-refractivity contribution in [3.8, 4) is 10.8 Å². The Bertz CT molecular complexity index is 1520. The van der Waals surface area contributed by atoms with Crippen LogP contribution in [0.3, 0.4) is 0 Å². The molecule has 190 valence electrons. The minimum atomic E-state index is -1.12. The van der Waals surface area contributed by atoms with Gasteiger partial charge in [0.2, 0.25) is 5.91 Å². The molecule has 1 aromatic carbocycles. The molecule has 0 aliphatic heterocycles. The molecule has 0 unspecified atom stereocenters. The van der Waals surface area contributed by atoms with E-state index in [1.54, 1.807) is 45.0 Å². The summed E-state index contributed by atoms with van der Waals surface area (Å²) in [5, 5.41) is 23.0. The number of amides is 1. The summed E-state index contributed by atoms with van der Waals surface area (Å²) >= 11 is 1.17. The molecule has 0 spiro atoms. The number of thiophene rings is 1. The van der Waals surface area contributed by atoms with Gasteiger partial charge in [-0.25, -0.2) is 9.36 Å². The minimum absolute atomic E-state index is 0.166. The lowest BCUT2D eigenvalue weighted by atomic mass is 10.1. The van der Waals surface area contributed by atoms with Crippen molar-refractivity contribution in [1.29, 1.82) is 0 Å². The fourth-order valence-corrected chi connectivity index (χ4v) is 5.32. The van der Waals surface area contributed by atoms with E-state index in [2.05, 4.69) is 15.5 Å². The third-order valence-corrected chi connectivity index (χ3v) is 7.15. The van der Waals surface area contributed by atoms with Gasteiger partial charge in [-0.15, -0.1) is 4.80 Å². The zero-order chi connectivity index (χ0) is 26.1. The largest absolute Gasteiger partial charge is 0.496 e. The minimum Gasteiger partial charge on any atom is -0.496 e. The number of benzene rings is 1. The molecule has 3 aromatic heterocycles. The molecule has 0 aliphatic rings. The van der Waals surface area contributed by atoms with Crippen LogP contribution in [0.5, 0.6) is 5.75 Å². The van der Waals surface area contributed by atoms with Crippen LogP contribution in [-0.2, 0) is 11.3 Å². The highest BCUT2D eigenvalue weighted by Crippen LogP contribution is 2.32. The van der Waals surface area contributed by atoms with Crippen molar-refractivity contribution in [1.82, 2.24) is 29.4 Å². The fraction of sp³-hybridized carbons (Fsp3) is 0.375. The molecule has 1 amide bonds. The quantitative estimate of drug-likeness (QED) is 0.369. The number of aliphatic hydroxyl groups is 1. The summed E-state index contributed by atoms with van der Waals surface area (Å²) in [5.74, 6) is 0.0123. The number of carbonyl (C=O) groups excluding carboxylic acids is 1. The van der Waals surface area contributed by atoms with E-state index in [4.69, 9.17) is 4.74 Å². The van der Waals surface area contributed by atoms with Gasteiger partial charge in [0.25, 0.3) is 5.56 Å². The van der Waals surface area contributed by atoms with Gasteiger partial charge in [-0.1, -0.05) is 29.5 Å². The van der Waals surface area contributed by atoms with Crippen LogP contribution in [0.15, 0.2) is 46.2 Å². The van der Waals surface area contributed by atoms with E-state index in [0.29, 0.717) is 26.7 Å². The molecule has 0 radical (unpaired) electrons. The molecular weight excluding hydrogens is 484 g/mol. The number of carbonyl (C=O) groups is 1. The maximum atomic E-state index is 13.7. The van der Waals surface area contributed by atoms with Crippen LogP contribution < -0.4 is 21.3 Å². The normalized spacial score (nSPS) is 13.2. The summed E-state index contributed by atoms with van der Waals surface area (Å²) < 4.78 is 7.64. The molecule has 0 fully saturated rings. The fourth-order valence-electron chi connectivity index (χ4n) is 4.10. The SMILES string of the molecule is COc1ccccc1[C@@H](O)Cn1c(=O)n([C@H](C)C(=O)NC(C)C)c(=O)c2c(C)c(-n3nccn3)sc21. The molecule has 0 saturated heterocycles. The lowest BCUT2D eigenvalue weighted by Crippen LogP contribution is -2.47. The number of nitrogens with one attached hydrogen (secondary N) is 1. The van der Waals surface area contributed by atoms with Gasteiger partial charge in [-0.2, -0.15) is 10.2 Å². The van der Waals surface area contributed by atoms with E-state index < -0.39 is 29.3 Å². The number of hydrogen-bond donors (Lipinski definition) is 2. The number of methoxy groups -OCH3 is 1. The molecule has 0 aliphatic carbocycles. The van der Waals surface area contributed by atoms with Gasteiger partial charge in [0, 0.05) is 17.2 Å². The Balaban J connectivity index is 1.96. The predicted octanol–water partition coefficient (Wildman–Crippen LogP) is 1.94. The molecule has 11 nitrogen and oxygen atoms in total. The second-order valence-corrected chi connectivity index (χ2v) is 9.67. The van der Waals surface area contributed by atoms with Gasteiger partial charge in [0.15, 0.2) is 0 Å². The van der Waals surface area contributed by atoms with E-state index >= 15 is 0 Å². The van der Waals surface area contributed by atoms with Gasteiger partial charge in [0.1, 0.15) is 27.7 Å². The van der Waals surface area contributed by atoms with E-state index in [-0.39, 0.29) is 18.0 Å². The standard InChI is InChI=1S/C24H28N6O5S/c1-13(2)27-20(32)15(4)29-21(33)19-14(3)22(30-25-10-11-26-30)36-23(19)28(24(29)34)12-17(31)16-8-6-7-9-18(16)35-5/h6-11,13,15,17,31H,12H2,1-5H3,(H,27,32)/t15-,17+/m1/s1. The first kappa shape index (κ1) is 25.3. The van der Waals surface area contributed by atoms with Crippen LogP contribution in [0.4, 0.5) is 0 Å². The molecule has 0 saturated carbocycles. The van der Waals surface area contributed by atoms with E-state index in [1.807, 2.05) is 0 Å². The second-order valence-electron chi connectivity index (χ2n) is 8.70. The summed E-state index contributed by atoms with van der Waals surface area (Å²) in [6, 6.07) is 5.72. The van der Waals surface area contributed by atoms with E-state index in [0.717, 1.165) is 4.57 Å². The molecular formula is C24H28N6O5S. The summed E-state index contributed by atoms with van der Waals surface area (Å²) in [7, 11) is 1.50. The van der Waals surface area contributed by atoms with Gasteiger partial charge < -0.3 is 15.2 Å². The van der Waals surface area contributed by atoms with Gasteiger partial charge in [-0.3, -0.25) is 14.2 Å². The molecule has 0 bridgehead atoms. The third-order valence-electron chi connectivity index (χ3n) is 5.87. The Morgan fingerprint density at radius 1 is 1.17 bits per heavy atom. The Kier molecular flexibility index (Phi) is 7.09. The summed E-state index contributed by atoms with van der Waals surface area (Å²) in [5.41, 5.74) is -0.224. The van der Waals surface area contributed by atoms with Crippen molar-refractivity contribution in [3.63, 3.8) is 0 Å². The molecule has 4 rings (SSSR count). The Morgan fingerprint density at radius 2 is 1.83 bits per heavy atom. The van der Waals surface area contributed by atoms with Crippen LogP contribution in [0.25, 0.3) is 15.2 Å². The lowest BCUT2D eigenvalue weighted by Gasteiger charge is -2.20. The molecule has 2 atom stereocenters. The number of para-hydroxylation sites is 1. The number of fused-ring (bicyclic) bond motifs is 1. The smallest absolute Gasteiger partial charge is 0.332 e. The zero-order valence-electron chi connectivity index (χ0n) is 20.6. The number of aryl methyl sites for hydroxylation is 1. The van der Waals surface area contributed by atoms with Crippen molar-refractivity contribution in [2.45, 2.75) is 52.4 Å². The van der Waals surface area contributed by atoms with Crippen molar-refractivity contribution in [3.05, 3.63) is 68.6 Å². The van der Waals surface area contributed by atoms with Crippen molar-refractivity contribution >= 4 is 27.5 Å². The molecule has 36 heavy (non-hydrogen) atoms. The first-order valence-electron chi connectivity index (χ1n) is 11.4. The first-order valence-corrected chi connectivity index (χ1v) is 12.2. The maximum Gasteiger partial charge on any atom is 0.332 e. The highest BCUT2D eigenvalue weighted by atomic mass is 32.1.